The summed E-state index contributed by atoms with van der Waals surface area (Å²) in [5.41, 5.74) is 11.6. The molecule has 1 aliphatic carbocycles. The number of hydrogen-bond acceptors (Lipinski definition) is 1. The monoisotopic (exact) mass is 247 g/mol. The van der Waals surface area contributed by atoms with E-state index in [1.807, 2.05) is 24.3 Å². The van der Waals surface area contributed by atoms with Crippen molar-refractivity contribution >= 4 is 5.69 Å². The van der Waals surface area contributed by atoms with Crippen molar-refractivity contribution in [2.45, 2.75) is 25.7 Å². The van der Waals surface area contributed by atoms with Crippen LogP contribution < -0.4 is 5.73 Å². The van der Waals surface area contributed by atoms with Crippen molar-refractivity contribution in [3.63, 3.8) is 0 Å². The lowest BCUT2D eigenvalue weighted by atomic mass is 9.90. The van der Waals surface area contributed by atoms with Crippen LogP contribution in [0.15, 0.2) is 42.5 Å². The van der Waals surface area contributed by atoms with E-state index in [2.05, 4.69) is 30.0 Å². The molecule has 1 nitrogen and oxygen atoms in total. The SMILES string of the molecule is Nc1cccc(C#Cc2ccc3c(c2)CCCC3)c1. The summed E-state index contributed by atoms with van der Waals surface area (Å²) >= 11 is 0. The van der Waals surface area contributed by atoms with Crippen molar-refractivity contribution in [2.75, 3.05) is 5.73 Å². The maximum atomic E-state index is 5.75. The number of hydrogen-bond donors (Lipinski definition) is 1. The van der Waals surface area contributed by atoms with Gasteiger partial charge in [-0.25, -0.2) is 0 Å². The molecule has 2 aromatic rings. The van der Waals surface area contributed by atoms with Crippen molar-refractivity contribution in [3.8, 4) is 11.8 Å². The molecule has 0 saturated carbocycles. The zero-order chi connectivity index (χ0) is 13.1. The number of benzene rings is 2. The molecule has 94 valence electrons. The van der Waals surface area contributed by atoms with Gasteiger partial charge in [0.05, 0.1) is 0 Å². The van der Waals surface area contributed by atoms with E-state index in [-0.39, 0.29) is 0 Å². The van der Waals surface area contributed by atoms with E-state index in [0.29, 0.717) is 0 Å². The summed E-state index contributed by atoms with van der Waals surface area (Å²) in [6.07, 6.45) is 5.04. The molecule has 0 atom stereocenters. The van der Waals surface area contributed by atoms with Gasteiger partial charge in [0.2, 0.25) is 0 Å². The van der Waals surface area contributed by atoms with E-state index in [1.165, 1.54) is 36.8 Å². The van der Waals surface area contributed by atoms with Crippen LogP contribution in [0.4, 0.5) is 5.69 Å². The number of aryl methyl sites for hydroxylation is 2. The van der Waals surface area contributed by atoms with Gasteiger partial charge in [0.15, 0.2) is 0 Å². The predicted octanol–water partition coefficient (Wildman–Crippen LogP) is 3.55. The quantitative estimate of drug-likeness (QED) is 0.559. The van der Waals surface area contributed by atoms with Crippen LogP contribution in [0.1, 0.15) is 35.1 Å². The van der Waals surface area contributed by atoms with E-state index in [4.69, 9.17) is 5.73 Å². The van der Waals surface area contributed by atoms with Crippen LogP contribution >= 0.6 is 0 Å². The molecular weight excluding hydrogens is 230 g/mol. The molecule has 0 aromatic heterocycles. The molecule has 0 spiro atoms. The lowest BCUT2D eigenvalue weighted by molar-refractivity contribution is 0.685. The van der Waals surface area contributed by atoms with E-state index in [1.54, 1.807) is 0 Å². The molecule has 0 fully saturated rings. The maximum Gasteiger partial charge on any atom is 0.0326 e. The first-order valence-corrected chi connectivity index (χ1v) is 6.81. The first-order valence-electron chi connectivity index (χ1n) is 6.81. The fourth-order valence-corrected chi connectivity index (χ4v) is 2.57. The molecule has 2 N–H and O–H groups in total. The topological polar surface area (TPSA) is 26.0 Å². The van der Waals surface area contributed by atoms with Gasteiger partial charge in [-0.05, 0) is 67.1 Å². The largest absolute Gasteiger partial charge is 0.399 e. The van der Waals surface area contributed by atoms with Crippen molar-refractivity contribution in [1.29, 1.82) is 0 Å². The number of nitrogens with two attached hydrogens (primary N) is 1. The van der Waals surface area contributed by atoms with Gasteiger partial charge in [0.1, 0.15) is 0 Å². The molecule has 0 unspecified atom stereocenters. The summed E-state index contributed by atoms with van der Waals surface area (Å²) < 4.78 is 0. The Labute approximate surface area is 114 Å². The van der Waals surface area contributed by atoms with Crippen molar-refractivity contribution < 1.29 is 0 Å². The Hall–Kier alpha value is -2.20. The Morgan fingerprint density at radius 3 is 2.32 bits per heavy atom. The van der Waals surface area contributed by atoms with Crippen LogP contribution in [0.3, 0.4) is 0 Å². The van der Waals surface area contributed by atoms with Crippen LogP contribution in [-0.2, 0) is 12.8 Å². The summed E-state index contributed by atoms with van der Waals surface area (Å²) in [6, 6.07) is 14.3. The van der Waals surface area contributed by atoms with Crippen LogP contribution in [0.25, 0.3) is 0 Å². The standard InChI is InChI=1S/C18H17N/c19-18-7-3-4-14(13-18)8-9-15-10-11-16-5-1-2-6-17(16)12-15/h3-4,7,10-13H,1-2,5-6,19H2. The second-order valence-corrected chi connectivity index (χ2v) is 5.07. The summed E-state index contributed by atoms with van der Waals surface area (Å²) in [4.78, 5) is 0. The van der Waals surface area contributed by atoms with E-state index < -0.39 is 0 Å². The lowest BCUT2D eigenvalue weighted by Crippen LogP contribution is -2.02. The maximum absolute atomic E-state index is 5.75. The number of rotatable bonds is 0. The van der Waals surface area contributed by atoms with E-state index in [9.17, 15) is 0 Å². The highest BCUT2D eigenvalue weighted by molar-refractivity contribution is 5.50. The fourth-order valence-electron chi connectivity index (χ4n) is 2.57. The highest BCUT2D eigenvalue weighted by Crippen LogP contribution is 2.21. The van der Waals surface area contributed by atoms with Crippen LogP contribution in [0, 0.1) is 11.8 Å². The van der Waals surface area contributed by atoms with Gasteiger partial charge in [-0.1, -0.05) is 24.0 Å². The van der Waals surface area contributed by atoms with Crippen LogP contribution in [-0.4, -0.2) is 0 Å². The minimum absolute atomic E-state index is 0.761. The Morgan fingerprint density at radius 1 is 0.789 bits per heavy atom. The van der Waals surface area contributed by atoms with Gasteiger partial charge in [0, 0.05) is 16.8 Å². The molecule has 0 aliphatic heterocycles. The fraction of sp³-hybridized carbons (Fsp3) is 0.222. The average Bonchev–Trinajstić information content (AvgIpc) is 2.45. The van der Waals surface area contributed by atoms with Gasteiger partial charge in [-0.3, -0.25) is 0 Å². The van der Waals surface area contributed by atoms with Gasteiger partial charge in [-0.15, -0.1) is 0 Å². The molecular formula is C18H17N. The minimum Gasteiger partial charge on any atom is -0.399 e. The third-order valence-electron chi connectivity index (χ3n) is 3.59. The molecule has 0 heterocycles. The van der Waals surface area contributed by atoms with Gasteiger partial charge in [0.25, 0.3) is 0 Å². The minimum atomic E-state index is 0.761. The lowest BCUT2D eigenvalue weighted by Gasteiger charge is -2.15. The summed E-state index contributed by atoms with van der Waals surface area (Å²) in [6.45, 7) is 0. The van der Waals surface area contributed by atoms with Crippen molar-refractivity contribution in [2.24, 2.45) is 0 Å². The van der Waals surface area contributed by atoms with Gasteiger partial charge >= 0.3 is 0 Å². The second kappa shape index (κ2) is 5.20. The molecule has 2 aromatic carbocycles. The molecule has 3 rings (SSSR count). The summed E-state index contributed by atoms with van der Waals surface area (Å²) in [5, 5.41) is 0. The number of anilines is 1. The average molecular weight is 247 g/mol. The first kappa shape index (κ1) is 11.9. The third-order valence-corrected chi connectivity index (χ3v) is 3.59. The highest BCUT2D eigenvalue weighted by atomic mass is 14.5. The Morgan fingerprint density at radius 2 is 1.53 bits per heavy atom. The molecule has 19 heavy (non-hydrogen) atoms. The smallest absolute Gasteiger partial charge is 0.0326 e. The second-order valence-electron chi connectivity index (χ2n) is 5.07. The van der Waals surface area contributed by atoms with Gasteiger partial charge < -0.3 is 5.73 Å². The van der Waals surface area contributed by atoms with Crippen LogP contribution in [0.5, 0.6) is 0 Å². The highest BCUT2D eigenvalue weighted by Gasteiger charge is 2.08. The number of fused-ring (bicyclic) bond motifs is 1. The third kappa shape index (κ3) is 2.80. The van der Waals surface area contributed by atoms with Crippen molar-refractivity contribution in [3.05, 3.63) is 64.7 Å². The van der Waals surface area contributed by atoms with E-state index >= 15 is 0 Å². The van der Waals surface area contributed by atoms with Gasteiger partial charge in [-0.2, -0.15) is 0 Å². The Balaban J connectivity index is 1.88. The Kier molecular flexibility index (Phi) is 3.25. The predicted molar refractivity (Wildman–Crippen MR) is 79.9 cm³/mol. The molecule has 0 bridgehead atoms. The van der Waals surface area contributed by atoms with Crippen LogP contribution in [0.2, 0.25) is 0 Å². The Bertz CT molecular complexity index is 659. The van der Waals surface area contributed by atoms with Crippen molar-refractivity contribution in [1.82, 2.24) is 0 Å². The normalized spacial score (nSPS) is 13.3. The zero-order valence-corrected chi connectivity index (χ0v) is 10.9. The number of nitrogen functional groups attached to an aromatic ring is 1. The summed E-state index contributed by atoms with van der Waals surface area (Å²) in [5.74, 6) is 6.41. The molecule has 0 radical (unpaired) electrons. The molecule has 0 saturated heterocycles. The zero-order valence-electron chi connectivity index (χ0n) is 10.9. The molecule has 0 amide bonds. The van der Waals surface area contributed by atoms with E-state index in [0.717, 1.165) is 16.8 Å². The molecule has 1 heteroatoms. The summed E-state index contributed by atoms with van der Waals surface area (Å²) in [7, 11) is 0. The first-order chi connectivity index (χ1) is 9.31. The molecule has 1 aliphatic rings.